The molecule has 1 aliphatic carbocycles. The Balaban J connectivity index is 2.89. The summed E-state index contributed by atoms with van der Waals surface area (Å²) in [5.74, 6) is -2.71. The highest BCUT2D eigenvalue weighted by molar-refractivity contribution is 7.54. The summed E-state index contributed by atoms with van der Waals surface area (Å²) in [6, 6.07) is 0. The quantitative estimate of drug-likeness (QED) is 0.595. The Labute approximate surface area is 101 Å². The van der Waals surface area contributed by atoms with E-state index in [1.54, 1.807) is 13.8 Å². The molecule has 3 unspecified atom stereocenters. The zero-order valence-corrected chi connectivity index (χ0v) is 11.6. The maximum absolute atomic E-state index is 12.0. The van der Waals surface area contributed by atoms with E-state index in [2.05, 4.69) is 4.74 Å². The van der Waals surface area contributed by atoms with Crippen LogP contribution >= 0.6 is 7.60 Å². The highest BCUT2D eigenvalue weighted by atomic mass is 31.2. The second-order valence-electron chi connectivity index (χ2n) is 4.67. The first-order chi connectivity index (χ1) is 7.76. The molecule has 0 saturated heterocycles. The van der Waals surface area contributed by atoms with Gasteiger partial charge in [0.2, 0.25) is 0 Å². The zero-order chi connectivity index (χ0) is 13.4. The van der Waals surface area contributed by atoms with Crippen LogP contribution in [-0.4, -0.2) is 38.3 Å². The lowest BCUT2D eigenvalue weighted by molar-refractivity contribution is -0.143. The van der Waals surface area contributed by atoms with Gasteiger partial charge >= 0.3 is 13.6 Å². The van der Waals surface area contributed by atoms with Gasteiger partial charge in [0.1, 0.15) is 0 Å². The van der Waals surface area contributed by atoms with Gasteiger partial charge in [-0.05, 0) is 5.41 Å². The van der Waals surface area contributed by atoms with E-state index >= 15 is 0 Å². The van der Waals surface area contributed by atoms with Crippen LogP contribution in [0.25, 0.3) is 0 Å². The maximum Gasteiger partial charge on any atom is 0.358 e. The highest BCUT2D eigenvalue weighted by Gasteiger charge is 2.68. The largest absolute Gasteiger partial charge is 0.469 e. The molecule has 17 heavy (non-hydrogen) atoms. The monoisotopic (exact) mass is 266 g/mol. The first-order valence-electron chi connectivity index (χ1n) is 5.23. The normalized spacial score (nSPS) is 28.6. The molecule has 1 fully saturated rings. The van der Waals surface area contributed by atoms with Gasteiger partial charge in [-0.3, -0.25) is 9.36 Å². The summed E-state index contributed by atoms with van der Waals surface area (Å²) < 4.78 is 26.2. The van der Waals surface area contributed by atoms with Gasteiger partial charge in [0, 0.05) is 20.1 Å². The lowest BCUT2D eigenvalue weighted by Crippen LogP contribution is -2.17. The minimum Gasteiger partial charge on any atom is -0.469 e. The van der Waals surface area contributed by atoms with Crippen LogP contribution in [0.3, 0.4) is 0 Å². The number of aliphatic hydroxyl groups excluding tert-OH is 1. The average molecular weight is 266 g/mol. The fourth-order valence-electron chi connectivity index (χ4n) is 2.30. The Morgan fingerprint density at radius 3 is 2.12 bits per heavy atom. The van der Waals surface area contributed by atoms with Gasteiger partial charge in [0.05, 0.1) is 13.0 Å². The predicted molar refractivity (Wildman–Crippen MR) is 60.4 cm³/mol. The van der Waals surface area contributed by atoms with Crippen LogP contribution in [0.15, 0.2) is 0 Å². The number of carbonyl (C=O) groups is 1. The topological polar surface area (TPSA) is 82.1 Å². The molecular weight excluding hydrogens is 247 g/mol. The average Bonchev–Trinajstić information content (AvgIpc) is 2.88. The summed E-state index contributed by atoms with van der Waals surface area (Å²) in [4.78, 5) is 11.5. The molecule has 7 heteroatoms. The smallest absolute Gasteiger partial charge is 0.358 e. The van der Waals surface area contributed by atoms with Crippen LogP contribution in [0.5, 0.6) is 0 Å². The third kappa shape index (κ3) is 2.27. The van der Waals surface area contributed by atoms with Crippen molar-refractivity contribution >= 4 is 13.6 Å². The van der Waals surface area contributed by atoms with Gasteiger partial charge in [-0.2, -0.15) is 0 Å². The molecule has 100 valence electrons. The van der Waals surface area contributed by atoms with E-state index in [-0.39, 0.29) is 0 Å². The Morgan fingerprint density at radius 1 is 1.29 bits per heavy atom. The molecule has 1 saturated carbocycles. The summed E-state index contributed by atoms with van der Waals surface area (Å²) >= 11 is 0. The molecule has 0 spiro atoms. The van der Waals surface area contributed by atoms with Crippen molar-refractivity contribution < 1.29 is 28.3 Å². The van der Waals surface area contributed by atoms with Crippen molar-refractivity contribution in [3.8, 4) is 0 Å². The fourth-order valence-corrected chi connectivity index (χ4v) is 3.83. The van der Waals surface area contributed by atoms with Crippen molar-refractivity contribution in [1.82, 2.24) is 0 Å². The van der Waals surface area contributed by atoms with Gasteiger partial charge < -0.3 is 18.9 Å². The van der Waals surface area contributed by atoms with Crippen LogP contribution in [0.2, 0.25) is 0 Å². The zero-order valence-electron chi connectivity index (χ0n) is 10.7. The summed E-state index contributed by atoms with van der Waals surface area (Å²) in [5.41, 5.74) is -0.473. The summed E-state index contributed by atoms with van der Waals surface area (Å²) in [5, 5.41) is 10.0. The van der Waals surface area contributed by atoms with Crippen molar-refractivity contribution in [3.63, 3.8) is 0 Å². The highest BCUT2D eigenvalue weighted by Crippen LogP contribution is 2.68. The minimum atomic E-state index is -3.59. The Kier molecular flexibility index (Phi) is 4.04. The number of hydrogen-bond acceptors (Lipinski definition) is 6. The van der Waals surface area contributed by atoms with Crippen LogP contribution in [-0.2, 0) is 23.1 Å². The molecule has 0 aromatic heterocycles. The first kappa shape index (κ1) is 14.6. The van der Waals surface area contributed by atoms with E-state index in [0.717, 1.165) is 0 Å². The molecule has 3 atom stereocenters. The molecule has 0 amide bonds. The number of ether oxygens (including phenoxy) is 1. The summed E-state index contributed by atoms with van der Waals surface area (Å²) in [7, 11) is 0.107. The van der Waals surface area contributed by atoms with E-state index in [4.69, 9.17) is 9.05 Å². The summed E-state index contributed by atoms with van der Waals surface area (Å²) in [6.07, 6.45) is 0. The number of methoxy groups -OCH3 is 1. The molecule has 0 heterocycles. The van der Waals surface area contributed by atoms with Crippen LogP contribution in [0, 0.1) is 17.3 Å². The third-order valence-electron chi connectivity index (χ3n) is 3.52. The third-order valence-corrected chi connectivity index (χ3v) is 5.51. The lowest BCUT2D eigenvalue weighted by atomic mass is 10.1. The molecule has 0 aromatic rings. The number of hydrogen-bond donors (Lipinski definition) is 1. The van der Waals surface area contributed by atoms with Crippen LogP contribution in [0.4, 0.5) is 0 Å². The second kappa shape index (κ2) is 4.69. The number of aliphatic hydroxyl groups is 1. The van der Waals surface area contributed by atoms with E-state index in [0.29, 0.717) is 0 Å². The number of esters is 1. The van der Waals surface area contributed by atoms with Crippen molar-refractivity contribution in [2.45, 2.75) is 19.7 Å². The Bertz CT molecular complexity index is 345. The van der Waals surface area contributed by atoms with Gasteiger partial charge in [-0.15, -0.1) is 0 Å². The first-order valence-corrected chi connectivity index (χ1v) is 6.84. The molecular formula is C10H19O6P. The molecule has 1 N–H and O–H groups in total. The maximum atomic E-state index is 12.0. The predicted octanol–water partition coefficient (Wildman–Crippen LogP) is 1.24. The van der Waals surface area contributed by atoms with Gasteiger partial charge in [-0.25, -0.2) is 0 Å². The molecule has 0 aromatic carbocycles. The van der Waals surface area contributed by atoms with E-state index in [1.807, 2.05) is 0 Å². The standard InChI is InChI=1S/C10H19O6P/c1-10(2)6(8(11)14-3)7(10)9(12)17(13,15-4)16-5/h6-7,9,12H,1-5H3. The van der Waals surface area contributed by atoms with E-state index < -0.39 is 36.7 Å². The van der Waals surface area contributed by atoms with E-state index in [9.17, 15) is 14.5 Å². The molecule has 0 aliphatic heterocycles. The molecule has 1 rings (SSSR count). The molecule has 6 nitrogen and oxygen atoms in total. The van der Waals surface area contributed by atoms with Crippen molar-refractivity contribution in [2.75, 3.05) is 21.3 Å². The van der Waals surface area contributed by atoms with Crippen molar-refractivity contribution in [3.05, 3.63) is 0 Å². The summed E-state index contributed by atoms with van der Waals surface area (Å²) in [6.45, 7) is 3.61. The Hall–Kier alpha value is -0.420. The van der Waals surface area contributed by atoms with E-state index in [1.165, 1.54) is 21.3 Å². The number of carbonyl (C=O) groups excluding carboxylic acids is 1. The minimum absolute atomic E-state index is 0.419. The SMILES string of the molecule is COC(=O)C1C(C(O)P(=O)(OC)OC)C1(C)C. The second-order valence-corrected chi connectivity index (χ2v) is 7.01. The van der Waals surface area contributed by atoms with Gasteiger partial charge in [0.25, 0.3) is 0 Å². The molecule has 0 radical (unpaired) electrons. The number of rotatable bonds is 5. The molecule has 1 aliphatic rings. The van der Waals surface area contributed by atoms with Crippen molar-refractivity contribution in [1.29, 1.82) is 0 Å². The Morgan fingerprint density at radius 2 is 1.76 bits per heavy atom. The van der Waals surface area contributed by atoms with Gasteiger partial charge in [-0.1, -0.05) is 13.8 Å². The lowest BCUT2D eigenvalue weighted by Gasteiger charge is -2.20. The van der Waals surface area contributed by atoms with Crippen LogP contribution in [0.1, 0.15) is 13.8 Å². The van der Waals surface area contributed by atoms with Crippen LogP contribution < -0.4 is 0 Å². The molecule has 0 bridgehead atoms. The van der Waals surface area contributed by atoms with Gasteiger partial charge in [0.15, 0.2) is 5.85 Å². The fraction of sp³-hybridized carbons (Fsp3) is 0.900. The van der Waals surface area contributed by atoms with Crippen molar-refractivity contribution in [2.24, 2.45) is 17.3 Å².